The number of aryl methyl sites for hydroxylation is 1. The molecule has 2 aromatic heterocycles. The fourth-order valence-electron chi connectivity index (χ4n) is 2.53. The van der Waals surface area contributed by atoms with Gasteiger partial charge in [0.1, 0.15) is 5.52 Å². The van der Waals surface area contributed by atoms with Crippen LogP contribution in [0, 0.1) is 17.2 Å². The number of hydrogen-bond donors (Lipinski definition) is 0. The normalized spacial score (nSPS) is 22.0. The number of sulfone groups is 1. The Bertz CT molecular complexity index is 928. The van der Waals surface area contributed by atoms with Crippen LogP contribution in [0.3, 0.4) is 0 Å². The second kappa shape index (κ2) is 4.39. The molecule has 9 heteroatoms. The number of hydrogen-bond acceptors (Lipinski definition) is 6. The van der Waals surface area contributed by atoms with Crippen molar-refractivity contribution in [2.24, 2.45) is 13.0 Å². The van der Waals surface area contributed by atoms with Crippen molar-refractivity contribution in [3.05, 3.63) is 16.7 Å². The van der Waals surface area contributed by atoms with Gasteiger partial charge in [-0.05, 0) is 12.8 Å². The summed E-state index contributed by atoms with van der Waals surface area (Å²) in [5.74, 6) is -0.0617. The second-order valence-electron chi connectivity index (χ2n) is 5.30. The zero-order valence-electron chi connectivity index (χ0n) is 11.5. The van der Waals surface area contributed by atoms with Crippen LogP contribution in [0.1, 0.15) is 18.9 Å². The molecule has 1 aliphatic rings. The van der Waals surface area contributed by atoms with Crippen LogP contribution in [-0.4, -0.2) is 33.8 Å². The van der Waals surface area contributed by atoms with E-state index in [-0.39, 0.29) is 22.8 Å². The van der Waals surface area contributed by atoms with E-state index in [1.54, 1.807) is 7.05 Å². The monoisotopic (exact) mass is 307 g/mol. The van der Waals surface area contributed by atoms with Crippen molar-refractivity contribution >= 4 is 21.0 Å². The fourth-order valence-corrected chi connectivity index (χ4v) is 3.03. The maximum Gasteiger partial charge on any atom is 0.330 e. The van der Waals surface area contributed by atoms with E-state index in [9.17, 15) is 13.2 Å². The molecule has 2 aromatic rings. The summed E-state index contributed by atoms with van der Waals surface area (Å²) in [7, 11) is -1.96. The van der Waals surface area contributed by atoms with E-state index in [0.29, 0.717) is 24.0 Å². The summed E-state index contributed by atoms with van der Waals surface area (Å²) in [5, 5.41) is 8.54. The molecule has 0 unspecified atom stereocenters. The van der Waals surface area contributed by atoms with Crippen LogP contribution in [0.25, 0.3) is 11.2 Å². The summed E-state index contributed by atoms with van der Waals surface area (Å²) >= 11 is 0. The molecule has 2 heterocycles. The minimum absolute atomic E-state index is 0.0617. The summed E-state index contributed by atoms with van der Waals surface area (Å²) in [6, 6.07) is 2.04. The Kier molecular flexibility index (Phi) is 2.88. The maximum atomic E-state index is 12.3. The lowest BCUT2D eigenvalue weighted by Crippen LogP contribution is -2.34. The van der Waals surface area contributed by atoms with Crippen LogP contribution in [0.4, 0.5) is 0 Å². The van der Waals surface area contributed by atoms with Gasteiger partial charge in [-0.1, -0.05) is 0 Å². The number of nitriles is 1. The van der Waals surface area contributed by atoms with E-state index < -0.39 is 9.84 Å². The first kappa shape index (κ1) is 13.8. The summed E-state index contributed by atoms with van der Waals surface area (Å²) in [6.07, 6.45) is 3.52. The molecule has 0 aliphatic heterocycles. The van der Waals surface area contributed by atoms with Gasteiger partial charge < -0.3 is 0 Å². The largest absolute Gasteiger partial charge is 0.330 e. The van der Waals surface area contributed by atoms with E-state index in [2.05, 4.69) is 16.0 Å². The third-order valence-electron chi connectivity index (χ3n) is 3.80. The van der Waals surface area contributed by atoms with Crippen LogP contribution in [-0.2, 0) is 16.9 Å². The van der Waals surface area contributed by atoms with Crippen molar-refractivity contribution in [2.45, 2.75) is 24.0 Å². The smallest absolute Gasteiger partial charge is 0.292 e. The van der Waals surface area contributed by atoms with E-state index in [4.69, 9.17) is 5.26 Å². The maximum absolute atomic E-state index is 12.3. The highest BCUT2D eigenvalue weighted by atomic mass is 32.2. The summed E-state index contributed by atoms with van der Waals surface area (Å²) in [5.41, 5.74) is 0.512. The minimum Gasteiger partial charge on any atom is -0.292 e. The lowest BCUT2D eigenvalue weighted by molar-refractivity contribution is 0.246. The highest BCUT2D eigenvalue weighted by molar-refractivity contribution is 7.90. The number of imidazole rings is 1. The third kappa shape index (κ3) is 2.03. The quantitative estimate of drug-likeness (QED) is 0.723. The molecule has 0 saturated heterocycles. The van der Waals surface area contributed by atoms with Gasteiger partial charge in [0.2, 0.25) is 15.0 Å². The third-order valence-corrected chi connectivity index (χ3v) is 4.66. The molecular formula is C12H13N5O3S. The Hall–Kier alpha value is -2.21. The van der Waals surface area contributed by atoms with E-state index in [0.717, 1.165) is 6.26 Å². The van der Waals surface area contributed by atoms with Gasteiger partial charge in [-0.15, -0.1) is 0 Å². The molecular weight excluding hydrogens is 294 g/mol. The fraction of sp³-hybridized carbons (Fsp3) is 0.500. The average Bonchev–Trinajstić information content (AvgIpc) is 2.61. The Morgan fingerprint density at radius 1 is 1.43 bits per heavy atom. The first-order valence-corrected chi connectivity index (χ1v) is 8.25. The van der Waals surface area contributed by atoms with Crippen molar-refractivity contribution in [2.75, 3.05) is 6.26 Å². The van der Waals surface area contributed by atoms with Gasteiger partial charge in [0.05, 0.1) is 18.2 Å². The molecule has 0 spiro atoms. The predicted molar refractivity (Wildman–Crippen MR) is 73.3 cm³/mol. The summed E-state index contributed by atoms with van der Waals surface area (Å²) in [4.78, 5) is 20.1. The molecule has 1 fully saturated rings. The lowest BCUT2D eigenvalue weighted by atomic mass is 9.81. The van der Waals surface area contributed by atoms with Crippen LogP contribution in [0.15, 0.2) is 16.1 Å². The Morgan fingerprint density at radius 2 is 2.10 bits per heavy atom. The molecule has 8 nitrogen and oxygen atoms in total. The molecule has 0 bridgehead atoms. The molecule has 1 aliphatic carbocycles. The van der Waals surface area contributed by atoms with Gasteiger partial charge in [0.25, 0.3) is 0 Å². The van der Waals surface area contributed by atoms with Gasteiger partial charge in [-0.25, -0.2) is 18.2 Å². The Balaban J connectivity index is 2.22. The SMILES string of the molecule is Cn1c(=O)n([C@H]2C[C@H](C#N)C2)c2nc(S(C)(=O)=O)ncc21. The van der Waals surface area contributed by atoms with Crippen LogP contribution >= 0.6 is 0 Å². The topological polar surface area (TPSA) is 111 Å². The molecule has 0 amide bonds. The molecule has 0 N–H and O–H groups in total. The van der Waals surface area contributed by atoms with Crippen molar-refractivity contribution in [1.82, 2.24) is 19.1 Å². The summed E-state index contributed by atoms with van der Waals surface area (Å²) in [6.45, 7) is 0. The van der Waals surface area contributed by atoms with Crippen molar-refractivity contribution in [3.8, 4) is 6.07 Å². The highest BCUT2D eigenvalue weighted by Crippen LogP contribution is 2.37. The zero-order chi connectivity index (χ0) is 15.4. The zero-order valence-corrected chi connectivity index (χ0v) is 12.3. The molecule has 0 aromatic carbocycles. The summed E-state index contributed by atoms with van der Waals surface area (Å²) < 4.78 is 26.0. The number of aromatic nitrogens is 4. The molecule has 3 rings (SSSR count). The minimum atomic E-state index is -3.54. The Morgan fingerprint density at radius 3 is 2.67 bits per heavy atom. The number of rotatable bonds is 2. The Labute approximate surface area is 120 Å². The number of fused-ring (bicyclic) bond motifs is 1. The van der Waals surface area contributed by atoms with Gasteiger partial charge in [0, 0.05) is 19.3 Å². The van der Waals surface area contributed by atoms with Gasteiger partial charge in [-0.3, -0.25) is 9.13 Å². The average molecular weight is 307 g/mol. The van der Waals surface area contributed by atoms with Crippen LogP contribution in [0.5, 0.6) is 0 Å². The van der Waals surface area contributed by atoms with Crippen molar-refractivity contribution in [3.63, 3.8) is 0 Å². The first-order chi connectivity index (χ1) is 9.82. The first-order valence-electron chi connectivity index (χ1n) is 6.36. The van der Waals surface area contributed by atoms with Gasteiger partial charge >= 0.3 is 5.69 Å². The highest BCUT2D eigenvalue weighted by Gasteiger charge is 2.34. The lowest BCUT2D eigenvalue weighted by Gasteiger charge is -2.31. The van der Waals surface area contributed by atoms with E-state index in [1.807, 2.05) is 0 Å². The molecule has 0 radical (unpaired) electrons. The molecule has 1 saturated carbocycles. The van der Waals surface area contributed by atoms with Crippen LogP contribution in [0.2, 0.25) is 0 Å². The molecule has 21 heavy (non-hydrogen) atoms. The molecule has 110 valence electrons. The van der Waals surface area contributed by atoms with Gasteiger partial charge in [-0.2, -0.15) is 10.2 Å². The number of nitrogens with zero attached hydrogens (tertiary/aromatic N) is 5. The van der Waals surface area contributed by atoms with Crippen LogP contribution < -0.4 is 5.69 Å². The van der Waals surface area contributed by atoms with Gasteiger partial charge in [0.15, 0.2) is 5.65 Å². The predicted octanol–water partition coefficient (Wildman–Crippen LogP) is 0.00818. The van der Waals surface area contributed by atoms with Crippen molar-refractivity contribution in [1.29, 1.82) is 5.26 Å². The van der Waals surface area contributed by atoms with E-state index in [1.165, 1.54) is 15.3 Å². The molecule has 0 atom stereocenters. The second-order valence-corrected chi connectivity index (χ2v) is 7.21. The van der Waals surface area contributed by atoms with E-state index >= 15 is 0 Å². The van der Waals surface area contributed by atoms with Crippen molar-refractivity contribution < 1.29 is 8.42 Å². The standard InChI is InChI=1S/C12H13N5O3S/c1-16-9-6-14-11(21(2,19)20)15-10(9)17(12(16)18)8-3-7(4-8)5-13/h6-8H,3-4H2,1-2H3/t7-,8-.